The second kappa shape index (κ2) is 10.2. The lowest BCUT2D eigenvalue weighted by Gasteiger charge is -2.30. The average molecular weight is 551 g/mol. The highest BCUT2D eigenvalue weighted by molar-refractivity contribution is 7.90. The number of rotatable bonds is 6. The molecule has 1 aromatic carbocycles. The van der Waals surface area contributed by atoms with Crippen molar-refractivity contribution >= 4 is 45.6 Å². The van der Waals surface area contributed by atoms with Crippen LogP contribution in [0, 0.1) is 6.92 Å². The Labute approximate surface area is 227 Å². The Morgan fingerprint density at radius 1 is 1.21 bits per heavy atom. The average Bonchev–Trinajstić information content (AvgIpc) is 3.51. The van der Waals surface area contributed by atoms with Crippen LogP contribution in [-0.2, 0) is 32.5 Å². The van der Waals surface area contributed by atoms with Crippen molar-refractivity contribution in [3.8, 4) is 0 Å². The number of thiol groups is 1. The van der Waals surface area contributed by atoms with Crippen molar-refractivity contribution in [2.45, 2.75) is 31.3 Å². The molecule has 3 aliphatic rings. The molecule has 0 saturated carbocycles. The summed E-state index contributed by atoms with van der Waals surface area (Å²) in [5.41, 5.74) is 7.59. The van der Waals surface area contributed by atoms with Gasteiger partial charge in [0.1, 0.15) is 5.82 Å². The third-order valence-electron chi connectivity index (χ3n) is 7.19. The van der Waals surface area contributed by atoms with Crippen molar-refractivity contribution < 1.29 is 13.2 Å². The predicted molar refractivity (Wildman–Crippen MR) is 152 cm³/mol. The molecule has 2 aromatic heterocycles. The number of ether oxygens (including phenoxy) is 1. The number of aryl methyl sites for hydroxylation is 1. The van der Waals surface area contributed by atoms with Crippen LogP contribution in [0.15, 0.2) is 35.4 Å². The van der Waals surface area contributed by atoms with Crippen LogP contribution in [-0.4, -0.2) is 61.4 Å². The zero-order chi connectivity index (χ0) is 26.3. The van der Waals surface area contributed by atoms with E-state index in [0.717, 1.165) is 81.6 Å². The largest absolute Gasteiger partial charge is 0.380 e. The molecule has 38 heavy (non-hydrogen) atoms. The first kappa shape index (κ1) is 25.1. The van der Waals surface area contributed by atoms with E-state index in [1.807, 2.05) is 37.4 Å². The molecule has 0 spiro atoms. The molecular weight excluding hydrogens is 520 g/mol. The minimum absolute atomic E-state index is 0.100. The summed E-state index contributed by atoms with van der Waals surface area (Å²) in [4.78, 5) is 13.1. The number of anilines is 2. The van der Waals surface area contributed by atoms with Crippen molar-refractivity contribution in [3.05, 3.63) is 74.8 Å². The molecule has 0 amide bonds. The number of nitrogens with zero attached hydrogens (tertiary/aromatic N) is 4. The van der Waals surface area contributed by atoms with Crippen LogP contribution in [0.1, 0.15) is 45.9 Å². The highest BCUT2D eigenvalue weighted by Crippen LogP contribution is 2.32. The number of hydrogen-bond acceptors (Lipinski definition) is 9. The van der Waals surface area contributed by atoms with E-state index in [4.69, 9.17) is 27.3 Å². The van der Waals surface area contributed by atoms with Crippen LogP contribution in [0.5, 0.6) is 0 Å². The molecule has 1 saturated heterocycles. The Hall–Kier alpha value is -3.15. The highest BCUT2D eigenvalue weighted by Gasteiger charge is 2.25. The van der Waals surface area contributed by atoms with Gasteiger partial charge >= 0.3 is 0 Å². The fourth-order valence-electron chi connectivity index (χ4n) is 5.22. The summed E-state index contributed by atoms with van der Waals surface area (Å²) >= 11 is 4.76. The fraction of sp³-hybridized carbons (Fsp3) is 0.370. The number of aromatic nitrogens is 4. The molecule has 2 aliphatic heterocycles. The summed E-state index contributed by atoms with van der Waals surface area (Å²) in [5.74, 6) is 1.82. The van der Waals surface area contributed by atoms with Crippen LogP contribution in [0.4, 0.5) is 11.5 Å². The molecule has 11 heteroatoms. The van der Waals surface area contributed by atoms with Crippen molar-refractivity contribution in [2.24, 2.45) is 0 Å². The van der Waals surface area contributed by atoms with Gasteiger partial charge in [0, 0.05) is 52.6 Å². The number of morpholine rings is 1. The molecular formula is C27H30N6O3S2. The maximum absolute atomic E-state index is 12.0. The summed E-state index contributed by atoms with van der Waals surface area (Å²) in [6.45, 7) is 5.42. The summed E-state index contributed by atoms with van der Waals surface area (Å²) < 4.78 is 29.5. The van der Waals surface area contributed by atoms with E-state index in [1.54, 1.807) is 0 Å². The van der Waals surface area contributed by atoms with Crippen molar-refractivity contribution in [1.29, 1.82) is 0 Å². The van der Waals surface area contributed by atoms with Crippen LogP contribution >= 0.6 is 12.6 Å². The van der Waals surface area contributed by atoms with Gasteiger partial charge in [-0.05, 0) is 49.1 Å². The fourth-order valence-corrected chi connectivity index (χ4v) is 7.02. The predicted octanol–water partition coefficient (Wildman–Crippen LogP) is 3.53. The van der Waals surface area contributed by atoms with Gasteiger partial charge in [-0.15, -0.1) is 12.6 Å². The maximum Gasteiger partial charge on any atom is 0.162 e. The summed E-state index contributed by atoms with van der Waals surface area (Å²) in [7, 11) is -3.03. The van der Waals surface area contributed by atoms with E-state index in [2.05, 4.69) is 26.5 Å². The van der Waals surface area contributed by atoms with Gasteiger partial charge in [-0.2, -0.15) is 5.10 Å². The molecule has 9 nitrogen and oxygen atoms in total. The number of H-pyrrole nitrogens is 1. The topological polar surface area (TPSA) is 113 Å². The lowest BCUT2D eigenvalue weighted by molar-refractivity contribution is 0.122. The Morgan fingerprint density at radius 2 is 2.03 bits per heavy atom. The van der Waals surface area contributed by atoms with Gasteiger partial charge in [-0.1, -0.05) is 12.1 Å². The quantitative estimate of drug-likeness (QED) is 0.400. The lowest BCUT2D eigenvalue weighted by atomic mass is 9.96. The van der Waals surface area contributed by atoms with Crippen molar-refractivity contribution in [3.63, 3.8) is 0 Å². The van der Waals surface area contributed by atoms with Gasteiger partial charge in [0.2, 0.25) is 0 Å². The third-order valence-corrected chi connectivity index (χ3v) is 8.98. The van der Waals surface area contributed by atoms with Gasteiger partial charge in [0.15, 0.2) is 15.7 Å². The SMILES string of the molecule is Cc1c(/C=C(\S)CNc2ccc3c(c2)CS(=O)(=O)C3)nc(C2=CCCc3[nH]ncc32)nc1N1CCOCC1. The molecule has 0 unspecified atom stereocenters. The summed E-state index contributed by atoms with van der Waals surface area (Å²) in [5, 5.41) is 10.7. The third kappa shape index (κ3) is 5.10. The molecule has 0 atom stereocenters. The normalized spacial score (nSPS) is 18.6. The van der Waals surface area contributed by atoms with Gasteiger partial charge in [0.05, 0.1) is 36.6 Å². The molecule has 1 fully saturated rings. The zero-order valence-corrected chi connectivity index (χ0v) is 22.9. The van der Waals surface area contributed by atoms with Gasteiger partial charge in [0.25, 0.3) is 0 Å². The summed E-state index contributed by atoms with van der Waals surface area (Å²) in [6.07, 6.45) is 7.86. The highest BCUT2D eigenvalue weighted by atomic mass is 32.2. The Kier molecular flexibility index (Phi) is 6.75. The minimum atomic E-state index is -3.03. The molecule has 0 bridgehead atoms. The van der Waals surface area contributed by atoms with E-state index in [0.29, 0.717) is 25.6 Å². The summed E-state index contributed by atoms with van der Waals surface area (Å²) in [6, 6.07) is 5.73. The number of nitrogens with one attached hydrogen (secondary N) is 2. The van der Waals surface area contributed by atoms with Crippen molar-refractivity contribution in [1.82, 2.24) is 20.2 Å². The molecule has 2 N–H and O–H groups in total. The number of hydrogen-bond donors (Lipinski definition) is 3. The van der Waals surface area contributed by atoms with E-state index >= 15 is 0 Å². The number of fused-ring (bicyclic) bond motifs is 2. The Balaban J connectivity index is 1.30. The molecule has 1 aliphatic carbocycles. The second-order valence-corrected chi connectivity index (χ2v) is 12.5. The smallest absolute Gasteiger partial charge is 0.162 e. The lowest BCUT2D eigenvalue weighted by Crippen LogP contribution is -2.37. The molecule has 4 heterocycles. The zero-order valence-electron chi connectivity index (χ0n) is 21.2. The van der Waals surface area contributed by atoms with Crippen LogP contribution in [0.2, 0.25) is 0 Å². The van der Waals surface area contributed by atoms with E-state index in [9.17, 15) is 8.42 Å². The van der Waals surface area contributed by atoms with Gasteiger partial charge in [-0.25, -0.2) is 18.4 Å². The molecule has 3 aromatic rings. The molecule has 198 valence electrons. The van der Waals surface area contributed by atoms with E-state index in [-0.39, 0.29) is 11.5 Å². The first-order valence-electron chi connectivity index (χ1n) is 12.8. The monoisotopic (exact) mass is 550 g/mol. The number of sulfone groups is 1. The van der Waals surface area contributed by atoms with Crippen LogP contribution in [0.3, 0.4) is 0 Å². The van der Waals surface area contributed by atoms with E-state index < -0.39 is 9.84 Å². The standard InChI is InChI=1S/C27H30N6O3S2/c1-17-25(12-21(37)13-28-20-6-5-18-15-38(34,35)16-19(18)11-20)30-26(31-27(17)33-7-9-36-10-8-33)22-3-2-4-24-23(22)14-29-32-24/h3,5-6,11-12,14,28,37H,2,4,7-10,13,15-16H2,1H3,(H,29,32)/b21-12-. The maximum atomic E-state index is 12.0. The van der Waals surface area contributed by atoms with E-state index in [1.165, 1.54) is 0 Å². The molecule has 6 rings (SSSR count). The van der Waals surface area contributed by atoms with Gasteiger partial charge < -0.3 is 15.0 Å². The number of aromatic amines is 1. The Morgan fingerprint density at radius 3 is 2.87 bits per heavy atom. The Bertz CT molecular complexity index is 1550. The van der Waals surface area contributed by atoms with Crippen LogP contribution < -0.4 is 10.2 Å². The number of allylic oxidation sites excluding steroid dienone is 1. The minimum Gasteiger partial charge on any atom is -0.380 e. The second-order valence-electron chi connectivity index (χ2n) is 9.90. The first-order chi connectivity index (χ1) is 18.4. The molecule has 0 radical (unpaired) electrons. The first-order valence-corrected chi connectivity index (χ1v) is 15.0. The van der Waals surface area contributed by atoms with Gasteiger partial charge in [-0.3, -0.25) is 5.10 Å². The van der Waals surface area contributed by atoms with Crippen molar-refractivity contribution in [2.75, 3.05) is 43.1 Å². The number of benzene rings is 1. The van der Waals surface area contributed by atoms with Crippen LogP contribution in [0.25, 0.3) is 11.6 Å².